The molecule has 0 aliphatic heterocycles. The minimum Gasteiger partial charge on any atom is -0.377 e. The van der Waals surface area contributed by atoms with E-state index in [-0.39, 0.29) is 11.9 Å². The molecule has 0 aliphatic rings. The third kappa shape index (κ3) is 4.83. The lowest BCUT2D eigenvalue weighted by Crippen LogP contribution is -2.23. The highest BCUT2D eigenvalue weighted by molar-refractivity contribution is 6.30. The molecule has 5 heteroatoms. The van der Waals surface area contributed by atoms with E-state index in [1.165, 1.54) is 5.56 Å². The van der Waals surface area contributed by atoms with Crippen LogP contribution in [0.3, 0.4) is 0 Å². The molecule has 0 radical (unpaired) electrons. The highest BCUT2D eigenvalue weighted by Crippen LogP contribution is 2.18. The zero-order valence-corrected chi connectivity index (χ0v) is 15.2. The molecule has 3 rings (SSSR count). The molecule has 2 aromatic carbocycles. The van der Waals surface area contributed by atoms with E-state index in [1.54, 1.807) is 24.4 Å². The number of rotatable bonds is 6. The van der Waals surface area contributed by atoms with Gasteiger partial charge < -0.3 is 10.6 Å². The number of benzene rings is 2. The Bertz CT molecular complexity index is 849. The molecule has 0 fully saturated rings. The van der Waals surface area contributed by atoms with Gasteiger partial charge in [0.15, 0.2) is 0 Å². The summed E-state index contributed by atoms with van der Waals surface area (Å²) in [6.45, 7) is 2.52. The van der Waals surface area contributed by atoms with Crippen molar-refractivity contribution in [3.8, 4) is 0 Å². The van der Waals surface area contributed by atoms with Gasteiger partial charge in [-0.2, -0.15) is 0 Å². The summed E-state index contributed by atoms with van der Waals surface area (Å²) in [5, 5.41) is 6.91. The van der Waals surface area contributed by atoms with Crippen molar-refractivity contribution >= 4 is 23.2 Å². The molecule has 26 heavy (non-hydrogen) atoms. The average Bonchev–Trinajstić information content (AvgIpc) is 2.68. The van der Waals surface area contributed by atoms with Gasteiger partial charge in [-0.15, -0.1) is 0 Å². The molecule has 0 bridgehead atoms. The van der Waals surface area contributed by atoms with E-state index in [4.69, 9.17) is 11.6 Å². The lowest BCUT2D eigenvalue weighted by Gasteiger charge is -2.15. The van der Waals surface area contributed by atoms with E-state index < -0.39 is 0 Å². The van der Waals surface area contributed by atoms with E-state index in [1.807, 2.05) is 36.4 Å². The molecule has 3 aromatic rings. The van der Waals surface area contributed by atoms with Crippen molar-refractivity contribution in [3.05, 3.63) is 94.8 Å². The summed E-state index contributed by atoms with van der Waals surface area (Å²) in [5.41, 5.74) is 3.43. The third-order valence-electron chi connectivity index (χ3n) is 4.05. The molecule has 0 saturated carbocycles. The number of hydrogen-bond donors (Lipinski definition) is 2. The molecule has 0 saturated heterocycles. The van der Waals surface area contributed by atoms with Crippen molar-refractivity contribution in [1.29, 1.82) is 0 Å². The van der Waals surface area contributed by atoms with Gasteiger partial charge in [-0.05, 0) is 42.3 Å². The van der Waals surface area contributed by atoms with Crippen LogP contribution in [0, 0.1) is 0 Å². The number of hydrogen-bond acceptors (Lipinski definition) is 3. The first kappa shape index (κ1) is 18.0. The van der Waals surface area contributed by atoms with Crippen molar-refractivity contribution in [2.75, 3.05) is 5.32 Å². The van der Waals surface area contributed by atoms with E-state index in [9.17, 15) is 4.79 Å². The molecule has 0 spiro atoms. The van der Waals surface area contributed by atoms with Crippen LogP contribution in [0.4, 0.5) is 5.69 Å². The molecule has 1 aromatic heterocycles. The van der Waals surface area contributed by atoms with Gasteiger partial charge in [0.1, 0.15) is 5.69 Å². The number of carbonyl (C=O) groups is 1. The van der Waals surface area contributed by atoms with Crippen molar-refractivity contribution in [2.24, 2.45) is 0 Å². The van der Waals surface area contributed by atoms with Gasteiger partial charge in [-0.3, -0.25) is 4.79 Å². The summed E-state index contributed by atoms with van der Waals surface area (Å²) < 4.78 is 0. The van der Waals surface area contributed by atoms with Crippen LogP contribution in [0.1, 0.15) is 34.6 Å². The summed E-state index contributed by atoms with van der Waals surface area (Å²) in [4.78, 5) is 16.5. The van der Waals surface area contributed by atoms with Gasteiger partial charge in [-0.1, -0.05) is 54.1 Å². The second kappa shape index (κ2) is 8.50. The number of anilines is 1. The highest BCUT2D eigenvalue weighted by Gasteiger charge is 2.09. The molecule has 4 nitrogen and oxygen atoms in total. The van der Waals surface area contributed by atoms with Crippen LogP contribution in [0.25, 0.3) is 0 Å². The van der Waals surface area contributed by atoms with Gasteiger partial charge in [0.2, 0.25) is 0 Å². The summed E-state index contributed by atoms with van der Waals surface area (Å²) in [5.74, 6) is -0.206. The van der Waals surface area contributed by atoms with Crippen molar-refractivity contribution in [3.63, 3.8) is 0 Å². The van der Waals surface area contributed by atoms with Gasteiger partial charge in [0.05, 0.1) is 11.9 Å². The Morgan fingerprint density at radius 1 is 1.04 bits per heavy atom. The monoisotopic (exact) mass is 365 g/mol. The Morgan fingerprint density at radius 3 is 2.42 bits per heavy atom. The quantitative estimate of drug-likeness (QED) is 0.657. The molecule has 1 amide bonds. The fourth-order valence-electron chi connectivity index (χ4n) is 2.56. The number of nitrogens with one attached hydrogen (secondary N) is 2. The molecule has 1 unspecified atom stereocenters. The lowest BCUT2D eigenvalue weighted by molar-refractivity contribution is 0.0946. The van der Waals surface area contributed by atoms with E-state index in [2.05, 4.69) is 34.7 Å². The summed E-state index contributed by atoms with van der Waals surface area (Å²) in [6, 6.07) is 21.3. The third-order valence-corrected chi connectivity index (χ3v) is 4.30. The molecule has 2 N–H and O–H groups in total. The van der Waals surface area contributed by atoms with Crippen LogP contribution in [-0.4, -0.2) is 10.9 Å². The van der Waals surface area contributed by atoms with Gasteiger partial charge in [-0.25, -0.2) is 4.98 Å². The first-order chi connectivity index (χ1) is 12.6. The average molecular weight is 366 g/mol. The van der Waals surface area contributed by atoms with Crippen LogP contribution >= 0.6 is 11.6 Å². The van der Waals surface area contributed by atoms with Crippen LogP contribution in [0.5, 0.6) is 0 Å². The second-order valence-electron chi connectivity index (χ2n) is 6.02. The van der Waals surface area contributed by atoms with Crippen molar-refractivity contribution in [2.45, 2.75) is 19.5 Å². The topological polar surface area (TPSA) is 54.0 Å². The van der Waals surface area contributed by atoms with E-state index in [0.717, 1.165) is 11.3 Å². The second-order valence-corrected chi connectivity index (χ2v) is 6.45. The molecule has 0 aliphatic carbocycles. The highest BCUT2D eigenvalue weighted by atomic mass is 35.5. The number of pyridine rings is 1. The maximum Gasteiger partial charge on any atom is 0.270 e. The molecular weight excluding hydrogens is 346 g/mol. The fourth-order valence-corrected chi connectivity index (χ4v) is 2.69. The predicted octanol–water partition coefficient (Wildman–Crippen LogP) is 4.84. The molecular formula is C21H20ClN3O. The Hall–Kier alpha value is -2.85. The molecule has 1 heterocycles. The van der Waals surface area contributed by atoms with Crippen LogP contribution in [-0.2, 0) is 6.54 Å². The summed E-state index contributed by atoms with van der Waals surface area (Å²) in [7, 11) is 0. The standard InChI is InChI=1S/C21H20ClN3O/c1-15(17-5-3-2-4-6-17)25-19-11-12-20(23-14-19)21(26)24-13-16-7-9-18(22)10-8-16/h2-12,14-15,25H,13H2,1H3,(H,24,26). The van der Waals surface area contributed by atoms with E-state index >= 15 is 0 Å². The van der Waals surface area contributed by atoms with Gasteiger partial charge in [0.25, 0.3) is 5.91 Å². The SMILES string of the molecule is CC(Nc1ccc(C(=O)NCc2ccc(Cl)cc2)nc1)c1ccccc1. The van der Waals surface area contributed by atoms with E-state index in [0.29, 0.717) is 17.3 Å². The number of halogens is 1. The number of carbonyl (C=O) groups excluding carboxylic acids is 1. The molecule has 1 atom stereocenters. The Balaban J connectivity index is 1.56. The summed E-state index contributed by atoms with van der Waals surface area (Å²) >= 11 is 5.86. The van der Waals surface area contributed by atoms with Crippen molar-refractivity contribution < 1.29 is 4.79 Å². The van der Waals surface area contributed by atoms with Gasteiger partial charge >= 0.3 is 0 Å². The minimum atomic E-state index is -0.206. The zero-order chi connectivity index (χ0) is 18.4. The Labute approximate surface area is 158 Å². The first-order valence-electron chi connectivity index (χ1n) is 8.42. The maximum absolute atomic E-state index is 12.2. The molecule has 132 valence electrons. The lowest BCUT2D eigenvalue weighted by atomic mass is 10.1. The number of nitrogens with zero attached hydrogens (tertiary/aromatic N) is 1. The van der Waals surface area contributed by atoms with Crippen molar-refractivity contribution in [1.82, 2.24) is 10.3 Å². The fraction of sp³-hybridized carbons (Fsp3) is 0.143. The normalized spacial score (nSPS) is 11.6. The largest absolute Gasteiger partial charge is 0.377 e. The Kier molecular flexibility index (Phi) is 5.87. The van der Waals surface area contributed by atoms with Crippen LogP contribution < -0.4 is 10.6 Å². The van der Waals surface area contributed by atoms with Crippen LogP contribution in [0.2, 0.25) is 5.02 Å². The zero-order valence-electron chi connectivity index (χ0n) is 14.4. The smallest absolute Gasteiger partial charge is 0.270 e. The number of aromatic nitrogens is 1. The number of amides is 1. The van der Waals surface area contributed by atoms with Gasteiger partial charge in [0, 0.05) is 17.6 Å². The van der Waals surface area contributed by atoms with Crippen LogP contribution in [0.15, 0.2) is 72.9 Å². The summed E-state index contributed by atoms with van der Waals surface area (Å²) in [6.07, 6.45) is 1.68. The minimum absolute atomic E-state index is 0.155. The maximum atomic E-state index is 12.2. The Morgan fingerprint density at radius 2 is 1.77 bits per heavy atom. The first-order valence-corrected chi connectivity index (χ1v) is 8.80. The predicted molar refractivity (Wildman–Crippen MR) is 105 cm³/mol.